The van der Waals surface area contributed by atoms with Crippen LogP contribution in [-0.2, 0) is 15.2 Å². The van der Waals surface area contributed by atoms with Gasteiger partial charge in [-0.1, -0.05) is 30.3 Å². The van der Waals surface area contributed by atoms with E-state index in [0.717, 1.165) is 6.42 Å². The maximum Gasteiger partial charge on any atom is 0.242 e. The predicted octanol–water partition coefficient (Wildman–Crippen LogP) is 1.02. The first-order chi connectivity index (χ1) is 9.95. The summed E-state index contributed by atoms with van der Waals surface area (Å²) in [5, 5.41) is 13.1. The molecule has 1 aromatic carbocycles. The van der Waals surface area contributed by atoms with Crippen molar-refractivity contribution in [2.75, 3.05) is 13.6 Å². The number of nitrogens with one attached hydrogen (secondary N) is 1. The number of likely N-dealkylation sites (N-methyl/N-ethyl adjacent to an activating group) is 1. The lowest BCUT2D eigenvalue weighted by Crippen LogP contribution is -2.46. The molecular formula is C16H22N2O3. The highest BCUT2D eigenvalue weighted by Crippen LogP contribution is 2.27. The molecule has 114 valence electrons. The Morgan fingerprint density at radius 3 is 2.67 bits per heavy atom. The highest BCUT2D eigenvalue weighted by atomic mass is 16.3. The average molecular weight is 290 g/mol. The zero-order chi connectivity index (χ0) is 15.5. The van der Waals surface area contributed by atoms with Crippen molar-refractivity contribution in [3.8, 4) is 0 Å². The minimum atomic E-state index is -1.23. The smallest absolute Gasteiger partial charge is 0.242 e. The van der Waals surface area contributed by atoms with Crippen LogP contribution in [0.25, 0.3) is 0 Å². The number of carbonyl (C=O) groups excluding carboxylic acids is 2. The number of rotatable bonds is 4. The molecule has 1 saturated heterocycles. The summed E-state index contributed by atoms with van der Waals surface area (Å²) >= 11 is 0. The normalized spacial score (nSPS) is 20.9. The van der Waals surface area contributed by atoms with Crippen molar-refractivity contribution >= 4 is 11.8 Å². The first-order valence-electron chi connectivity index (χ1n) is 7.24. The van der Waals surface area contributed by atoms with Crippen LogP contribution in [0, 0.1) is 0 Å². The second kappa shape index (κ2) is 6.26. The minimum Gasteiger partial charge on any atom is -0.385 e. The molecule has 1 fully saturated rings. The Labute approximate surface area is 125 Å². The average Bonchev–Trinajstić information content (AvgIpc) is 2.96. The van der Waals surface area contributed by atoms with Crippen molar-refractivity contribution in [1.29, 1.82) is 0 Å². The molecule has 2 N–H and O–H groups in total. The van der Waals surface area contributed by atoms with Crippen molar-refractivity contribution in [1.82, 2.24) is 10.2 Å². The van der Waals surface area contributed by atoms with E-state index in [1.807, 2.05) is 18.2 Å². The van der Waals surface area contributed by atoms with Gasteiger partial charge in [-0.15, -0.1) is 0 Å². The van der Waals surface area contributed by atoms with Gasteiger partial charge >= 0.3 is 0 Å². The van der Waals surface area contributed by atoms with Crippen LogP contribution in [0.1, 0.15) is 31.7 Å². The SMILES string of the molecule is CNC(=O)C1CCCN1C(=O)CC(C)(O)c1ccccc1. The fraction of sp³-hybridized carbons (Fsp3) is 0.500. The molecule has 2 rings (SSSR count). The van der Waals surface area contributed by atoms with Crippen LogP contribution in [-0.4, -0.2) is 41.5 Å². The number of hydrogen-bond donors (Lipinski definition) is 2. The number of likely N-dealkylation sites (tertiary alicyclic amines) is 1. The lowest BCUT2D eigenvalue weighted by Gasteiger charge is -2.29. The van der Waals surface area contributed by atoms with E-state index in [1.54, 1.807) is 31.0 Å². The molecule has 0 bridgehead atoms. The van der Waals surface area contributed by atoms with Crippen molar-refractivity contribution in [2.45, 2.75) is 37.8 Å². The molecule has 1 aromatic rings. The first-order valence-corrected chi connectivity index (χ1v) is 7.24. The molecule has 2 atom stereocenters. The van der Waals surface area contributed by atoms with Gasteiger partial charge in [0.05, 0.1) is 12.0 Å². The van der Waals surface area contributed by atoms with Crippen LogP contribution in [0.5, 0.6) is 0 Å². The van der Waals surface area contributed by atoms with Crippen molar-refractivity contribution < 1.29 is 14.7 Å². The Kier molecular flexibility index (Phi) is 4.63. The quantitative estimate of drug-likeness (QED) is 0.870. The summed E-state index contributed by atoms with van der Waals surface area (Å²) in [5.74, 6) is -0.324. The third kappa shape index (κ3) is 3.42. The number of carbonyl (C=O) groups is 2. The Morgan fingerprint density at radius 1 is 1.38 bits per heavy atom. The van der Waals surface area contributed by atoms with Crippen molar-refractivity contribution in [3.63, 3.8) is 0 Å². The molecular weight excluding hydrogens is 268 g/mol. The number of aliphatic hydroxyl groups is 1. The van der Waals surface area contributed by atoms with E-state index in [9.17, 15) is 14.7 Å². The fourth-order valence-corrected chi connectivity index (χ4v) is 2.80. The monoisotopic (exact) mass is 290 g/mol. The molecule has 0 radical (unpaired) electrons. The van der Waals surface area contributed by atoms with E-state index in [1.165, 1.54) is 0 Å². The van der Waals surface area contributed by atoms with Crippen molar-refractivity contribution in [3.05, 3.63) is 35.9 Å². The molecule has 0 aliphatic carbocycles. The number of nitrogens with zero attached hydrogens (tertiary/aromatic N) is 1. The summed E-state index contributed by atoms with van der Waals surface area (Å²) in [6, 6.07) is 8.72. The Balaban J connectivity index is 2.08. The molecule has 0 aromatic heterocycles. The summed E-state index contributed by atoms with van der Waals surface area (Å²) in [6.45, 7) is 2.20. The highest BCUT2D eigenvalue weighted by molar-refractivity contribution is 5.88. The van der Waals surface area contributed by atoms with Crippen LogP contribution in [0.4, 0.5) is 0 Å². The largest absolute Gasteiger partial charge is 0.385 e. The molecule has 1 aliphatic heterocycles. The Bertz CT molecular complexity index is 514. The van der Waals surface area contributed by atoms with Crippen LogP contribution in [0.15, 0.2) is 30.3 Å². The standard InChI is InChI=1S/C16H22N2O3/c1-16(21,12-7-4-3-5-8-12)11-14(19)18-10-6-9-13(18)15(20)17-2/h3-5,7-8,13,21H,6,9-11H2,1-2H3,(H,17,20). The molecule has 0 saturated carbocycles. The van der Waals surface area contributed by atoms with Gasteiger partial charge in [0, 0.05) is 13.6 Å². The minimum absolute atomic E-state index is 0.0233. The predicted molar refractivity (Wildman–Crippen MR) is 79.4 cm³/mol. The first kappa shape index (κ1) is 15.5. The Morgan fingerprint density at radius 2 is 2.05 bits per heavy atom. The van der Waals surface area contributed by atoms with Gasteiger partial charge in [0.1, 0.15) is 6.04 Å². The summed E-state index contributed by atoms with van der Waals surface area (Å²) in [4.78, 5) is 25.8. The molecule has 5 nitrogen and oxygen atoms in total. The van der Waals surface area contributed by atoms with E-state index < -0.39 is 11.6 Å². The van der Waals surface area contributed by atoms with Crippen LogP contribution in [0.3, 0.4) is 0 Å². The summed E-state index contributed by atoms with van der Waals surface area (Å²) < 4.78 is 0. The molecule has 0 spiro atoms. The van der Waals surface area contributed by atoms with Gasteiger partial charge < -0.3 is 15.3 Å². The van der Waals surface area contributed by atoms with Gasteiger partial charge in [0.2, 0.25) is 11.8 Å². The van der Waals surface area contributed by atoms with E-state index in [-0.39, 0.29) is 18.2 Å². The number of amides is 2. The second-order valence-electron chi connectivity index (χ2n) is 5.68. The van der Waals surface area contributed by atoms with Gasteiger partial charge in [0.25, 0.3) is 0 Å². The fourth-order valence-electron chi connectivity index (χ4n) is 2.80. The van der Waals surface area contributed by atoms with Crippen LogP contribution >= 0.6 is 0 Å². The maximum atomic E-state index is 12.5. The topological polar surface area (TPSA) is 69.6 Å². The van der Waals surface area contributed by atoms with Gasteiger partial charge in [-0.05, 0) is 25.3 Å². The van der Waals surface area contributed by atoms with Gasteiger partial charge in [-0.25, -0.2) is 0 Å². The second-order valence-corrected chi connectivity index (χ2v) is 5.68. The van der Waals surface area contributed by atoms with E-state index >= 15 is 0 Å². The molecule has 1 aliphatic rings. The molecule has 1 heterocycles. The lowest BCUT2D eigenvalue weighted by molar-refractivity contribution is -0.142. The van der Waals surface area contributed by atoms with E-state index in [2.05, 4.69) is 5.32 Å². The highest BCUT2D eigenvalue weighted by Gasteiger charge is 2.36. The molecule has 5 heteroatoms. The van der Waals surface area contributed by atoms with Gasteiger partial charge in [-0.3, -0.25) is 9.59 Å². The number of hydrogen-bond acceptors (Lipinski definition) is 3. The van der Waals surface area contributed by atoms with Crippen LogP contribution < -0.4 is 5.32 Å². The third-order valence-electron chi connectivity index (χ3n) is 4.01. The summed E-state index contributed by atoms with van der Waals surface area (Å²) in [5.41, 5.74) is -0.525. The third-order valence-corrected chi connectivity index (χ3v) is 4.01. The van der Waals surface area contributed by atoms with E-state index in [0.29, 0.717) is 18.5 Å². The number of benzene rings is 1. The summed E-state index contributed by atoms with van der Waals surface area (Å²) in [7, 11) is 1.57. The van der Waals surface area contributed by atoms with Gasteiger partial charge in [-0.2, -0.15) is 0 Å². The zero-order valence-electron chi connectivity index (χ0n) is 12.5. The van der Waals surface area contributed by atoms with E-state index in [4.69, 9.17) is 0 Å². The Hall–Kier alpha value is -1.88. The molecule has 21 heavy (non-hydrogen) atoms. The summed E-state index contributed by atoms with van der Waals surface area (Å²) in [6.07, 6.45) is 1.47. The van der Waals surface area contributed by atoms with Gasteiger partial charge in [0.15, 0.2) is 0 Å². The van der Waals surface area contributed by atoms with Crippen molar-refractivity contribution in [2.24, 2.45) is 0 Å². The van der Waals surface area contributed by atoms with Crippen LogP contribution in [0.2, 0.25) is 0 Å². The zero-order valence-corrected chi connectivity index (χ0v) is 12.5. The maximum absolute atomic E-state index is 12.5. The molecule has 2 unspecified atom stereocenters. The molecule has 2 amide bonds. The lowest BCUT2D eigenvalue weighted by atomic mass is 9.92.